The minimum atomic E-state index is 0.500. The van der Waals surface area contributed by atoms with Gasteiger partial charge in [-0.05, 0) is 40.7 Å². The molecule has 0 radical (unpaired) electrons. The molecule has 0 amide bonds. The van der Waals surface area contributed by atoms with E-state index >= 15 is 0 Å². The van der Waals surface area contributed by atoms with Gasteiger partial charge in [0.1, 0.15) is 5.15 Å². The van der Waals surface area contributed by atoms with Crippen LogP contribution in [-0.2, 0) is 0 Å². The summed E-state index contributed by atoms with van der Waals surface area (Å²) in [5.41, 5.74) is 2.02. The molecule has 1 aromatic heterocycles. The first-order valence-corrected chi connectivity index (χ1v) is 6.69. The van der Waals surface area contributed by atoms with E-state index in [1.165, 1.54) is 11.8 Å². The first kappa shape index (κ1) is 11.2. The summed E-state index contributed by atoms with van der Waals surface area (Å²) in [7, 11) is 0. The van der Waals surface area contributed by atoms with Gasteiger partial charge in [0, 0.05) is 4.47 Å². The molecule has 1 heterocycles. The largest absolute Gasteiger partial charge is 0.222 e. The van der Waals surface area contributed by atoms with Crippen molar-refractivity contribution in [2.75, 3.05) is 6.26 Å². The Labute approximate surface area is 106 Å². The summed E-state index contributed by atoms with van der Waals surface area (Å²) in [6.45, 7) is 2.02. The lowest BCUT2D eigenvalue weighted by molar-refractivity contribution is 1.00. The van der Waals surface area contributed by atoms with Crippen LogP contribution in [0, 0.1) is 6.92 Å². The molecule has 2 aromatic rings. The number of aryl methyl sites for hydroxylation is 1. The Bertz CT molecular complexity index is 530. The molecule has 0 aliphatic rings. The number of halogens is 2. The van der Waals surface area contributed by atoms with Crippen LogP contribution >= 0.6 is 39.3 Å². The van der Waals surface area contributed by atoms with Gasteiger partial charge in [0.25, 0.3) is 0 Å². The number of nitrogens with zero attached hydrogens (tertiary/aromatic N) is 2. The zero-order chi connectivity index (χ0) is 11.0. The Morgan fingerprint density at radius 1 is 1.33 bits per heavy atom. The molecule has 2 nitrogen and oxygen atoms in total. The van der Waals surface area contributed by atoms with Crippen molar-refractivity contribution in [3.8, 4) is 0 Å². The van der Waals surface area contributed by atoms with Crippen molar-refractivity contribution < 1.29 is 0 Å². The Morgan fingerprint density at radius 2 is 2.07 bits per heavy atom. The Kier molecular flexibility index (Phi) is 3.19. The van der Waals surface area contributed by atoms with Crippen LogP contribution in [0.1, 0.15) is 5.56 Å². The van der Waals surface area contributed by atoms with Crippen LogP contribution in [0.4, 0.5) is 0 Å². The van der Waals surface area contributed by atoms with Gasteiger partial charge in [0.05, 0.1) is 10.9 Å². The van der Waals surface area contributed by atoms with Crippen molar-refractivity contribution in [3.05, 3.63) is 27.3 Å². The monoisotopic (exact) mass is 302 g/mol. The van der Waals surface area contributed by atoms with Gasteiger partial charge >= 0.3 is 0 Å². The maximum Gasteiger partial charge on any atom is 0.189 e. The summed E-state index contributed by atoms with van der Waals surface area (Å²) in [6, 6.07) is 3.98. The van der Waals surface area contributed by atoms with Gasteiger partial charge in [-0.3, -0.25) is 0 Å². The molecule has 0 atom stereocenters. The molecule has 0 spiro atoms. The lowest BCUT2D eigenvalue weighted by Gasteiger charge is -2.06. The number of thioether (sulfide) groups is 1. The Balaban J connectivity index is 2.90. The molecule has 2 rings (SSSR count). The molecule has 1 aromatic carbocycles. The van der Waals surface area contributed by atoms with Crippen molar-refractivity contribution in [3.63, 3.8) is 0 Å². The van der Waals surface area contributed by atoms with Crippen molar-refractivity contribution in [2.45, 2.75) is 12.1 Å². The second-order valence-corrected chi connectivity index (χ2v) is 5.07. The Hall–Kier alpha value is -0.320. The van der Waals surface area contributed by atoms with E-state index < -0.39 is 0 Å². The minimum absolute atomic E-state index is 0.500. The third kappa shape index (κ3) is 1.98. The van der Waals surface area contributed by atoms with E-state index in [9.17, 15) is 0 Å². The average molecular weight is 304 g/mol. The van der Waals surface area contributed by atoms with E-state index in [4.69, 9.17) is 11.6 Å². The summed E-state index contributed by atoms with van der Waals surface area (Å²) in [6.07, 6.45) is 1.94. The normalized spacial score (nSPS) is 10.9. The topological polar surface area (TPSA) is 25.8 Å². The highest BCUT2D eigenvalue weighted by Crippen LogP contribution is 2.31. The second kappa shape index (κ2) is 4.28. The van der Waals surface area contributed by atoms with E-state index in [1.54, 1.807) is 0 Å². The molecular weight excluding hydrogens is 296 g/mol. The molecule has 5 heteroatoms. The van der Waals surface area contributed by atoms with Crippen LogP contribution in [0.2, 0.25) is 5.15 Å². The van der Waals surface area contributed by atoms with Crippen LogP contribution < -0.4 is 0 Å². The average Bonchev–Trinajstić information content (AvgIpc) is 2.23. The number of fused-ring (bicyclic) bond motifs is 1. The molecule has 0 fully saturated rings. The first-order chi connectivity index (χ1) is 7.13. The minimum Gasteiger partial charge on any atom is -0.222 e. The standard InChI is InChI=1S/C10H8BrClN2S/c1-5-3-4-6(11)7-8(5)13-10(15-2)14-9(7)12/h3-4H,1-2H3. The van der Waals surface area contributed by atoms with Gasteiger partial charge < -0.3 is 0 Å². The third-order valence-electron chi connectivity index (χ3n) is 2.12. The Morgan fingerprint density at radius 3 is 2.73 bits per heavy atom. The number of hydrogen-bond donors (Lipinski definition) is 0. The fourth-order valence-corrected chi connectivity index (χ4v) is 2.67. The van der Waals surface area contributed by atoms with Crippen LogP contribution in [0.15, 0.2) is 21.8 Å². The molecule has 0 saturated carbocycles. The van der Waals surface area contributed by atoms with E-state index in [-0.39, 0.29) is 0 Å². The van der Waals surface area contributed by atoms with Crippen molar-refractivity contribution in [1.29, 1.82) is 0 Å². The molecule has 15 heavy (non-hydrogen) atoms. The van der Waals surface area contributed by atoms with E-state index in [1.807, 2.05) is 25.3 Å². The summed E-state index contributed by atoms with van der Waals surface area (Å²) in [4.78, 5) is 8.66. The van der Waals surface area contributed by atoms with Crippen molar-refractivity contribution >= 4 is 50.2 Å². The van der Waals surface area contributed by atoms with Crippen LogP contribution in [0.3, 0.4) is 0 Å². The van der Waals surface area contributed by atoms with Crippen LogP contribution in [-0.4, -0.2) is 16.2 Å². The zero-order valence-corrected chi connectivity index (χ0v) is 11.4. The fraction of sp³-hybridized carbons (Fsp3) is 0.200. The SMILES string of the molecule is CSc1nc(Cl)c2c(Br)ccc(C)c2n1. The maximum atomic E-state index is 6.12. The highest BCUT2D eigenvalue weighted by molar-refractivity contribution is 9.10. The second-order valence-electron chi connectivity index (χ2n) is 3.09. The predicted octanol–water partition coefficient (Wildman–Crippen LogP) is 4.08. The van der Waals surface area contributed by atoms with Gasteiger partial charge in [-0.2, -0.15) is 0 Å². The lowest BCUT2D eigenvalue weighted by atomic mass is 10.1. The highest BCUT2D eigenvalue weighted by atomic mass is 79.9. The van der Waals surface area contributed by atoms with Crippen molar-refractivity contribution in [2.24, 2.45) is 0 Å². The number of rotatable bonds is 1. The molecule has 0 N–H and O–H groups in total. The van der Waals surface area contributed by atoms with Gasteiger partial charge in [0.15, 0.2) is 5.16 Å². The lowest BCUT2D eigenvalue weighted by Crippen LogP contribution is -1.92. The summed E-state index contributed by atoms with van der Waals surface area (Å²) in [5.74, 6) is 0. The molecule has 78 valence electrons. The molecule has 0 aliphatic carbocycles. The van der Waals surface area contributed by atoms with Crippen LogP contribution in [0.5, 0.6) is 0 Å². The predicted molar refractivity (Wildman–Crippen MR) is 68.8 cm³/mol. The van der Waals surface area contributed by atoms with Gasteiger partial charge in [-0.1, -0.05) is 29.4 Å². The van der Waals surface area contributed by atoms with Gasteiger partial charge in [-0.15, -0.1) is 0 Å². The first-order valence-electron chi connectivity index (χ1n) is 4.30. The van der Waals surface area contributed by atoms with Gasteiger partial charge in [-0.25, -0.2) is 9.97 Å². The quantitative estimate of drug-likeness (QED) is 0.451. The van der Waals surface area contributed by atoms with Crippen LogP contribution in [0.25, 0.3) is 10.9 Å². The molecule has 0 aliphatic heterocycles. The summed E-state index contributed by atoms with van der Waals surface area (Å²) in [5, 5.41) is 2.09. The molecular formula is C10H8BrClN2S. The van der Waals surface area contributed by atoms with Crippen molar-refractivity contribution in [1.82, 2.24) is 9.97 Å². The number of hydrogen-bond acceptors (Lipinski definition) is 3. The third-order valence-corrected chi connectivity index (χ3v) is 3.60. The zero-order valence-electron chi connectivity index (χ0n) is 8.21. The highest BCUT2D eigenvalue weighted by Gasteiger charge is 2.10. The molecule has 0 bridgehead atoms. The number of aromatic nitrogens is 2. The maximum absolute atomic E-state index is 6.12. The van der Waals surface area contributed by atoms with E-state index in [0.717, 1.165) is 20.9 Å². The molecule has 0 unspecified atom stereocenters. The fourth-order valence-electron chi connectivity index (χ4n) is 1.36. The smallest absolute Gasteiger partial charge is 0.189 e. The molecule has 0 saturated heterocycles. The number of benzene rings is 1. The van der Waals surface area contributed by atoms with Gasteiger partial charge in [0.2, 0.25) is 0 Å². The summed E-state index contributed by atoms with van der Waals surface area (Å²) < 4.78 is 0.931. The summed E-state index contributed by atoms with van der Waals surface area (Å²) >= 11 is 11.1. The van der Waals surface area contributed by atoms with E-state index in [2.05, 4.69) is 25.9 Å². The van der Waals surface area contributed by atoms with E-state index in [0.29, 0.717) is 10.3 Å².